The molecule has 2 aliphatic rings. The third-order valence-electron chi connectivity index (χ3n) is 7.58. The van der Waals surface area contributed by atoms with Gasteiger partial charge >= 0.3 is 6.36 Å². The van der Waals surface area contributed by atoms with Crippen LogP contribution in [0.2, 0.25) is 0 Å². The summed E-state index contributed by atoms with van der Waals surface area (Å²) in [5.74, 6) is -0.704. The van der Waals surface area contributed by atoms with E-state index < -0.39 is 12.3 Å². The van der Waals surface area contributed by atoms with Crippen molar-refractivity contribution in [1.82, 2.24) is 14.7 Å². The van der Waals surface area contributed by atoms with E-state index in [0.29, 0.717) is 31.4 Å². The van der Waals surface area contributed by atoms with Crippen LogP contribution >= 0.6 is 0 Å². The van der Waals surface area contributed by atoms with E-state index in [2.05, 4.69) is 15.0 Å². The molecular weight excluding hydrogens is 501 g/mol. The number of rotatable bonds is 10. The summed E-state index contributed by atoms with van der Waals surface area (Å²) < 4.78 is 41.2. The van der Waals surface area contributed by atoms with Crippen molar-refractivity contribution >= 4 is 23.8 Å². The number of ether oxygens (including phenoxy) is 1. The molecule has 2 amide bonds. The fourth-order valence-corrected chi connectivity index (χ4v) is 5.52. The van der Waals surface area contributed by atoms with E-state index in [1.54, 1.807) is 13.8 Å². The summed E-state index contributed by atoms with van der Waals surface area (Å²) in [6, 6.07) is 5.63. The van der Waals surface area contributed by atoms with Gasteiger partial charge in [-0.2, -0.15) is 0 Å². The Morgan fingerprint density at radius 2 is 1.79 bits per heavy atom. The molecule has 3 rings (SSSR count). The molecule has 38 heavy (non-hydrogen) atoms. The number of hydrogen-bond acceptors (Lipinski definition) is 6. The highest BCUT2D eigenvalue weighted by atomic mass is 19.4. The first-order chi connectivity index (χ1) is 18.0. The predicted molar refractivity (Wildman–Crippen MR) is 138 cm³/mol. The van der Waals surface area contributed by atoms with Crippen LogP contribution < -0.4 is 10.1 Å². The minimum absolute atomic E-state index is 0.0144. The van der Waals surface area contributed by atoms with Crippen molar-refractivity contribution in [2.24, 2.45) is 5.92 Å². The normalized spacial score (nSPS) is 22.3. The molecule has 4 atom stereocenters. The number of alkyl halides is 3. The molecule has 0 aromatic heterocycles. The zero-order chi connectivity index (χ0) is 27.9. The number of halogens is 3. The lowest BCUT2D eigenvalue weighted by Gasteiger charge is -2.46. The van der Waals surface area contributed by atoms with Gasteiger partial charge in [0.2, 0.25) is 11.8 Å². The zero-order valence-electron chi connectivity index (χ0n) is 22.4. The molecule has 0 radical (unpaired) electrons. The summed E-state index contributed by atoms with van der Waals surface area (Å²) in [6.07, 6.45) is -0.103. The first-order valence-electron chi connectivity index (χ1n) is 13.3. The highest BCUT2D eigenvalue weighted by Gasteiger charge is 2.37. The average molecular weight is 541 g/mol. The Kier molecular flexibility index (Phi) is 10.4. The zero-order valence-corrected chi connectivity index (χ0v) is 22.4. The number of benzene rings is 1. The van der Waals surface area contributed by atoms with E-state index in [4.69, 9.17) is 0 Å². The van der Waals surface area contributed by atoms with Crippen LogP contribution in [0.5, 0.6) is 5.75 Å². The third-order valence-corrected chi connectivity index (χ3v) is 7.58. The number of piperazine rings is 1. The second-order valence-electron chi connectivity index (χ2n) is 10.4. The SMILES string of the molecule is CC(=O)N1CCN(C2CCC[C@@H](N(C(=O)C(C)CC=O)C(C)CNc3ccc(OC(F)(F)F)cc3)C2)CC1. The number of hydrogen-bond donors (Lipinski definition) is 1. The van der Waals surface area contributed by atoms with Gasteiger partial charge in [0.25, 0.3) is 0 Å². The van der Waals surface area contributed by atoms with Gasteiger partial charge in [0.15, 0.2) is 0 Å². The maximum Gasteiger partial charge on any atom is 0.573 e. The van der Waals surface area contributed by atoms with E-state index in [1.807, 2.05) is 16.7 Å². The van der Waals surface area contributed by atoms with Crippen LogP contribution in [-0.2, 0) is 14.4 Å². The van der Waals surface area contributed by atoms with E-state index in [1.165, 1.54) is 24.3 Å². The standard InChI is InChI=1S/C27H39F3N4O4/c1-19(11-16-35)26(37)34(20(2)18-31-22-7-9-25(10-8-22)38-27(28,29)30)24-6-4-5-23(17-24)33-14-12-32(13-15-33)21(3)36/h7-10,16,19-20,23-24,31H,4-6,11-15,17-18H2,1-3H3/t19?,20?,23?,24-/m1/s1. The second-order valence-corrected chi connectivity index (χ2v) is 10.4. The topological polar surface area (TPSA) is 82.2 Å². The number of nitrogens with zero attached hydrogens (tertiary/aromatic N) is 3. The van der Waals surface area contributed by atoms with Crippen molar-refractivity contribution in [2.75, 3.05) is 38.0 Å². The molecule has 1 aliphatic heterocycles. The quantitative estimate of drug-likeness (QED) is 0.453. The minimum Gasteiger partial charge on any atom is -0.406 e. The molecule has 0 spiro atoms. The minimum atomic E-state index is -4.75. The molecule has 3 unspecified atom stereocenters. The number of nitrogens with one attached hydrogen (secondary N) is 1. The summed E-state index contributed by atoms with van der Waals surface area (Å²) in [5.41, 5.74) is 0.615. The van der Waals surface area contributed by atoms with Crippen LogP contribution in [0.1, 0.15) is 52.9 Å². The largest absolute Gasteiger partial charge is 0.573 e. The average Bonchev–Trinajstić information content (AvgIpc) is 2.88. The molecule has 8 nitrogen and oxygen atoms in total. The van der Waals surface area contributed by atoms with Gasteiger partial charge in [-0.1, -0.05) is 6.92 Å². The molecule has 212 valence electrons. The van der Waals surface area contributed by atoms with E-state index in [-0.39, 0.29) is 36.1 Å². The fraction of sp³-hybridized carbons (Fsp3) is 0.667. The predicted octanol–water partition coefficient (Wildman–Crippen LogP) is 3.91. The van der Waals surface area contributed by atoms with E-state index >= 15 is 0 Å². The molecule has 1 saturated carbocycles. The maximum atomic E-state index is 13.5. The highest BCUT2D eigenvalue weighted by Crippen LogP contribution is 2.30. The van der Waals surface area contributed by atoms with Crippen LogP contribution in [0.4, 0.5) is 18.9 Å². The van der Waals surface area contributed by atoms with Crippen LogP contribution in [0, 0.1) is 5.92 Å². The Hall–Kier alpha value is -2.82. The lowest BCUT2D eigenvalue weighted by molar-refractivity contribution is -0.274. The molecule has 1 aliphatic carbocycles. The maximum absolute atomic E-state index is 13.5. The third kappa shape index (κ3) is 8.34. The van der Waals surface area contributed by atoms with Gasteiger partial charge in [0.1, 0.15) is 12.0 Å². The Morgan fingerprint density at radius 3 is 2.37 bits per heavy atom. The smallest absolute Gasteiger partial charge is 0.406 e. The number of carbonyl (C=O) groups excluding carboxylic acids is 3. The first-order valence-corrected chi connectivity index (χ1v) is 13.3. The molecule has 0 bridgehead atoms. The van der Waals surface area contributed by atoms with Gasteiger partial charge in [0, 0.05) is 75.8 Å². The summed E-state index contributed by atoms with van der Waals surface area (Å²) in [4.78, 5) is 42.6. The fourth-order valence-electron chi connectivity index (χ4n) is 5.52. The molecule has 2 fully saturated rings. The van der Waals surface area contributed by atoms with Crippen LogP contribution in [0.25, 0.3) is 0 Å². The molecule has 1 heterocycles. The van der Waals surface area contributed by atoms with E-state index in [9.17, 15) is 27.6 Å². The second kappa shape index (κ2) is 13.3. The number of anilines is 1. The van der Waals surface area contributed by atoms with Crippen molar-refractivity contribution in [3.63, 3.8) is 0 Å². The first kappa shape index (κ1) is 29.7. The Labute approximate surface area is 222 Å². The molecular formula is C27H39F3N4O4. The Balaban J connectivity index is 1.67. The van der Waals surface area contributed by atoms with Crippen molar-refractivity contribution in [1.29, 1.82) is 0 Å². The molecule has 1 aromatic carbocycles. The van der Waals surface area contributed by atoms with Gasteiger partial charge in [-0.05, 0) is 56.9 Å². The number of amides is 2. The van der Waals surface area contributed by atoms with Crippen LogP contribution in [-0.4, -0.2) is 90.0 Å². The van der Waals surface area contributed by atoms with Gasteiger partial charge in [-0.3, -0.25) is 14.5 Å². The molecule has 1 saturated heterocycles. The van der Waals surface area contributed by atoms with Gasteiger partial charge in [0.05, 0.1) is 0 Å². The molecule has 11 heteroatoms. The van der Waals surface area contributed by atoms with Gasteiger partial charge in [-0.25, -0.2) is 0 Å². The van der Waals surface area contributed by atoms with Crippen molar-refractivity contribution in [3.05, 3.63) is 24.3 Å². The molecule has 1 N–H and O–H groups in total. The van der Waals surface area contributed by atoms with Crippen LogP contribution in [0.15, 0.2) is 24.3 Å². The van der Waals surface area contributed by atoms with Gasteiger partial charge in [-0.15, -0.1) is 13.2 Å². The lowest BCUT2D eigenvalue weighted by atomic mass is 9.87. The van der Waals surface area contributed by atoms with Crippen LogP contribution in [0.3, 0.4) is 0 Å². The Morgan fingerprint density at radius 1 is 1.13 bits per heavy atom. The lowest BCUT2D eigenvalue weighted by Crippen LogP contribution is -2.56. The Bertz CT molecular complexity index is 935. The van der Waals surface area contributed by atoms with E-state index in [0.717, 1.165) is 45.1 Å². The molecule has 1 aromatic rings. The summed E-state index contributed by atoms with van der Waals surface area (Å²) in [7, 11) is 0. The van der Waals surface area contributed by atoms with Crippen molar-refractivity contribution in [2.45, 2.75) is 77.4 Å². The number of aldehydes is 1. The highest BCUT2D eigenvalue weighted by molar-refractivity contribution is 5.81. The van der Waals surface area contributed by atoms with Gasteiger partial charge < -0.3 is 24.6 Å². The monoisotopic (exact) mass is 540 g/mol. The number of carbonyl (C=O) groups is 3. The van der Waals surface area contributed by atoms with Crippen molar-refractivity contribution in [3.8, 4) is 5.75 Å². The summed E-state index contributed by atoms with van der Waals surface area (Å²) >= 11 is 0. The summed E-state index contributed by atoms with van der Waals surface area (Å²) in [5, 5.41) is 3.22. The summed E-state index contributed by atoms with van der Waals surface area (Å²) in [6.45, 7) is 8.77. The van der Waals surface area contributed by atoms with Crippen molar-refractivity contribution < 1.29 is 32.3 Å².